The van der Waals surface area contributed by atoms with Crippen molar-refractivity contribution in [2.45, 2.75) is 31.9 Å². The van der Waals surface area contributed by atoms with E-state index >= 15 is 0 Å². The van der Waals surface area contributed by atoms with Crippen molar-refractivity contribution in [3.05, 3.63) is 0 Å². The van der Waals surface area contributed by atoms with Gasteiger partial charge < -0.3 is 10.1 Å². The topological polar surface area (TPSA) is 21.3 Å². The molecule has 2 nitrogen and oxygen atoms in total. The molecule has 1 atom stereocenters. The number of rotatable bonds is 1. The van der Waals surface area contributed by atoms with Crippen molar-refractivity contribution >= 4 is 0 Å². The van der Waals surface area contributed by atoms with Gasteiger partial charge in [-0.05, 0) is 26.8 Å². The summed E-state index contributed by atoms with van der Waals surface area (Å²) in [7, 11) is 1.78. The fourth-order valence-corrected chi connectivity index (χ4v) is 1.41. The van der Waals surface area contributed by atoms with E-state index in [2.05, 4.69) is 19.2 Å². The van der Waals surface area contributed by atoms with E-state index in [-0.39, 0.29) is 5.54 Å². The molecule has 1 saturated heterocycles. The van der Waals surface area contributed by atoms with Gasteiger partial charge in [-0.25, -0.2) is 0 Å². The Morgan fingerprint density at radius 2 is 2.22 bits per heavy atom. The molecule has 54 valence electrons. The first-order valence-electron chi connectivity index (χ1n) is 3.44. The Hall–Kier alpha value is -0.0800. The minimum atomic E-state index is 0.189. The van der Waals surface area contributed by atoms with Crippen molar-refractivity contribution < 1.29 is 4.74 Å². The molecular formula is C7H15NO. The van der Waals surface area contributed by atoms with Gasteiger partial charge >= 0.3 is 0 Å². The predicted octanol–water partition coefficient (Wildman–Crippen LogP) is 0.773. The number of ether oxygens (including phenoxy) is 1. The second-order valence-corrected chi connectivity index (χ2v) is 3.16. The molecule has 1 aliphatic heterocycles. The van der Waals surface area contributed by atoms with Crippen LogP contribution in [0.1, 0.15) is 20.3 Å². The summed E-state index contributed by atoms with van der Waals surface area (Å²) < 4.78 is 5.26. The lowest BCUT2D eigenvalue weighted by Crippen LogP contribution is -2.42. The second-order valence-electron chi connectivity index (χ2n) is 3.16. The van der Waals surface area contributed by atoms with Crippen LogP contribution in [0.15, 0.2) is 0 Å². The summed E-state index contributed by atoms with van der Waals surface area (Å²) in [5.74, 6) is 0. The van der Waals surface area contributed by atoms with E-state index in [9.17, 15) is 0 Å². The Labute approximate surface area is 56.6 Å². The summed E-state index contributed by atoms with van der Waals surface area (Å²) in [5.41, 5.74) is 0.189. The van der Waals surface area contributed by atoms with Crippen molar-refractivity contribution in [2.75, 3.05) is 13.7 Å². The number of methoxy groups -OCH3 is 1. The zero-order chi connectivity index (χ0) is 6.91. The normalized spacial score (nSPS) is 33.0. The van der Waals surface area contributed by atoms with Gasteiger partial charge in [-0.15, -0.1) is 0 Å². The zero-order valence-electron chi connectivity index (χ0n) is 6.40. The molecule has 0 spiro atoms. The molecule has 1 aliphatic rings. The third kappa shape index (κ3) is 1.25. The Bertz CT molecular complexity index is 101. The lowest BCUT2D eigenvalue weighted by molar-refractivity contribution is 0.0617. The molecule has 0 aliphatic carbocycles. The SMILES string of the molecule is CO[C@@H]1CCNC1(C)C. The third-order valence-corrected chi connectivity index (χ3v) is 2.08. The molecule has 0 aromatic heterocycles. The van der Waals surface area contributed by atoms with Crippen molar-refractivity contribution in [1.82, 2.24) is 5.32 Å². The molecule has 0 bridgehead atoms. The highest BCUT2D eigenvalue weighted by atomic mass is 16.5. The molecule has 0 amide bonds. The van der Waals surface area contributed by atoms with E-state index in [4.69, 9.17) is 4.74 Å². The maximum absolute atomic E-state index is 5.26. The van der Waals surface area contributed by atoms with E-state index in [1.54, 1.807) is 7.11 Å². The Kier molecular flexibility index (Phi) is 1.78. The van der Waals surface area contributed by atoms with E-state index < -0.39 is 0 Å². The monoisotopic (exact) mass is 129 g/mol. The number of hydrogen-bond donors (Lipinski definition) is 1. The molecule has 2 heteroatoms. The van der Waals surface area contributed by atoms with Crippen LogP contribution in [-0.4, -0.2) is 25.3 Å². The third-order valence-electron chi connectivity index (χ3n) is 2.08. The van der Waals surface area contributed by atoms with Gasteiger partial charge in [0.25, 0.3) is 0 Å². The fourth-order valence-electron chi connectivity index (χ4n) is 1.41. The van der Waals surface area contributed by atoms with Gasteiger partial charge in [-0.2, -0.15) is 0 Å². The van der Waals surface area contributed by atoms with Gasteiger partial charge in [0.15, 0.2) is 0 Å². The van der Waals surface area contributed by atoms with Gasteiger partial charge in [0, 0.05) is 12.6 Å². The van der Waals surface area contributed by atoms with Gasteiger partial charge in [-0.1, -0.05) is 0 Å². The first-order chi connectivity index (χ1) is 4.17. The van der Waals surface area contributed by atoms with Crippen molar-refractivity contribution in [1.29, 1.82) is 0 Å². The molecule has 0 aromatic carbocycles. The van der Waals surface area contributed by atoms with Crippen LogP contribution in [-0.2, 0) is 4.74 Å². The zero-order valence-corrected chi connectivity index (χ0v) is 6.40. The van der Waals surface area contributed by atoms with Gasteiger partial charge in [0.1, 0.15) is 0 Å². The lowest BCUT2D eigenvalue weighted by atomic mass is 10.0. The highest BCUT2D eigenvalue weighted by Gasteiger charge is 2.33. The predicted molar refractivity (Wildman–Crippen MR) is 37.5 cm³/mol. The average molecular weight is 129 g/mol. The van der Waals surface area contributed by atoms with Crippen LogP contribution >= 0.6 is 0 Å². The second kappa shape index (κ2) is 2.27. The summed E-state index contributed by atoms with van der Waals surface area (Å²) in [4.78, 5) is 0. The van der Waals surface area contributed by atoms with Gasteiger partial charge in [0.05, 0.1) is 6.10 Å². The quantitative estimate of drug-likeness (QED) is 0.564. The summed E-state index contributed by atoms with van der Waals surface area (Å²) in [6, 6.07) is 0. The Morgan fingerprint density at radius 1 is 1.56 bits per heavy atom. The molecule has 1 heterocycles. The maximum Gasteiger partial charge on any atom is 0.0759 e. The Morgan fingerprint density at radius 3 is 2.44 bits per heavy atom. The summed E-state index contributed by atoms with van der Waals surface area (Å²) in [5, 5.41) is 3.37. The minimum absolute atomic E-state index is 0.189. The van der Waals surface area contributed by atoms with E-state index in [0.717, 1.165) is 13.0 Å². The van der Waals surface area contributed by atoms with Gasteiger partial charge in [0.2, 0.25) is 0 Å². The van der Waals surface area contributed by atoms with Crippen LogP contribution in [0.5, 0.6) is 0 Å². The largest absolute Gasteiger partial charge is 0.380 e. The highest BCUT2D eigenvalue weighted by molar-refractivity contribution is 4.93. The maximum atomic E-state index is 5.26. The van der Waals surface area contributed by atoms with Gasteiger partial charge in [-0.3, -0.25) is 0 Å². The molecule has 0 radical (unpaired) electrons. The van der Waals surface area contributed by atoms with Crippen molar-refractivity contribution in [3.8, 4) is 0 Å². The molecule has 0 aromatic rings. The van der Waals surface area contributed by atoms with E-state index in [0.29, 0.717) is 6.10 Å². The first-order valence-corrected chi connectivity index (χ1v) is 3.44. The van der Waals surface area contributed by atoms with Crippen LogP contribution in [0.3, 0.4) is 0 Å². The van der Waals surface area contributed by atoms with Crippen LogP contribution in [0.4, 0.5) is 0 Å². The summed E-state index contributed by atoms with van der Waals surface area (Å²) in [6.45, 7) is 5.44. The average Bonchev–Trinajstić information content (AvgIpc) is 2.08. The van der Waals surface area contributed by atoms with Crippen LogP contribution in [0.2, 0.25) is 0 Å². The molecule has 1 fully saturated rings. The van der Waals surface area contributed by atoms with E-state index in [1.807, 2.05) is 0 Å². The molecule has 1 N–H and O–H groups in total. The van der Waals surface area contributed by atoms with E-state index in [1.165, 1.54) is 0 Å². The molecular weight excluding hydrogens is 114 g/mol. The smallest absolute Gasteiger partial charge is 0.0759 e. The summed E-state index contributed by atoms with van der Waals surface area (Å²) >= 11 is 0. The van der Waals surface area contributed by atoms with Crippen molar-refractivity contribution in [3.63, 3.8) is 0 Å². The molecule has 0 saturated carbocycles. The molecule has 9 heavy (non-hydrogen) atoms. The van der Waals surface area contributed by atoms with Crippen LogP contribution in [0.25, 0.3) is 0 Å². The highest BCUT2D eigenvalue weighted by Crippen LogP contribution is 2.20. The minimum Gasteiger partial charge on any atom is -0.380 e. The number of hydrogen-bond acceptors (Lipinski definition) is 2. The summed E-state index contributed by atoms with van der Waals surface area (Å²) in [6.07, 6.45) is 1.54. The first kappa shape index (κ1) is 7.03. The Balaban J connectivity index is 2.52. The molecule has 1 rings (SSSR count). The van der Waals surface area contributed by atoms with Crippen molar-refractivity contribution in [2.24, 2.45) is 0 Å². The van der Waals surface area contributed by atoms with Crippen LogP contribution in [0, 0.1) is 0 Å². The standard InChI is InChI=1S/C7H15NO/c1-7(2)6(9-3)4-5-8-7/h6,8H,4-5H2,1-3H3/t6-/m1/s1. The fraction of sp³-hybridized carbons (Fsp3) is 1.00. The van der Waals surface area contributed by atoms with Crippen LogP contribution < -0.4 is 5.32 Å². The lowest BCUT2D eigenvalue weighted by Gasteiger charge is -2.25. The number of nitrogens with one attached hydrogen (secondary N) is 1. The molecule has 0 unspecified atom stereocenters.